The van der Waals surface area contributed by atoms with Gasteiger partial charge in [-0.2, -0.15) is 0 Å². The van der Waals surface area contributed by atoms with E-state index in [1.54, 1.807) is 5.38 Å². The number of rotatable bonds is 5. The molecule has 0 saturated heterocycles. The van der Waals surface area contributed by atoms with Crippen LogP contribution in [0.5, 0.6) is 5.75 Å². The zero-order chi connectivity index (χ0) is 13.8. The molecule has 2 aromatic rings. The van der Waals surface area contributed by atoms with Gasteiger partial charge in [-0.25, -0.2) is 4.98 Å². The summed E-state index contributed by atoms with van der Waals surface area (Å²) < 4.78 is 5.58. The standard InChI is InChI=1S/C14H14ClNO2S/c1-9(2)18-11-5-3-10(4-6-11)14-16-12(8-19-14)13(17)7-15/h3-6,8-9H,7H2,1-2H3. The molecule has 0 aliphatic heterocycles. The summed E-state index contributed by atoms with van der Waals surface area (Å²) in [6.45, 7) is 3.97. The Balaban J connectivity index is 2.18. The molecule has 0 fully saturated rings. The van der Waals surface area contributed by atoms with Gasteiger partial charge in [-0.3, -0.25) is 4.79 Å². The highest BCUT2D eigenvalue weighted by Crippen LogP contribution is 2.26. The minimum atomic E-state index is -0.149. The van der Waals surface area contributed by atoms with Gasteiger partial charge >= 0.3 is 0 Å². The second kappa shape index (κ2) is 6.17. The molecule has 0 amide bonds. The smallest absolute Gasteiger partial charge is 0.196 e. The van der Waals surface area contributed by atoms with Crippen molar-refractivity contribution in [2.45, 2.75) is 20.0 Å². The van der Waals surface area contributed by atoms with Crippen molar-refractivity contribution in [3.8, 4) is 16.3 Å². The maximum Gasteiger partial charge on any atom is 0.196 e. The first-order valence-electron chi connectivity index (χ1n) is 5.92. The molecule has 3 nitrogen and oxygen atoms in total. The molecule has 2 rings (SSSR count). The Hall–Kier alpha value is -1.39. The van der Waals surface area contributed by atoms with Crippen LogP contribution in [0.3, 0.4) is 0 Å². The first kappa shape index (κ1) is 14.0. The van der Waals surface area contributed by atoms with Gasteiger partial charge < -0.3 is 4.74 Å². The summed E-state index contributed by atoms with van der Waals surface area (Å²) >= 11 is 6.94. The SMILES string of the molecule is CC(C)Oc1ccc(-c2nc(C(=O)CCl)cs2)cc1. The number of carbonyl (C=O) groups excluding carboxylic acids is 1. The molecule has 0 unspecified atom stereocenters. The van der Waals surface area contributed by atoms with E-state index in [1.807, 2.05) is 38.1 Å². The molecule has 1 aromatic carbocycles. The molecule has 5 heteroatoms. The third-order valence-corrected chi connectivity index (χ3v) is 3.52. The molecule has 19 heavy (non-hydrogen) atoms. The summed E-state index contributed by atoms with van der Waals surface area (Å²) in [4.78, 5) is 15.7. The predicted molar refractivity (Wildman–Crippen MR) is 78.4 cm³/mol. The summed E-state index contributed by atoms with van der Waals surface area (Å²) in [5.41, 5.74) is 1.40. The lowest BCUT2D eigenvalue weighted by molar-refractivity contribution is 0.101. The Labute approximate surface area is 121 Å². The zero-order valence-electron chi connectivity index (χ0n) is 10.7. The van der Waals surface area contributed by atoms with E-state index in [9.17, 15) is 4.79 Å². The van der Waals surface area contributed by atoms with E-state index in [4.69, 9.17) is 16.3 Å². The summed E-state index contributed by atoms with van der Waals surface area (Å²) in [7, 11) is 0. The van der Waals surface area contributed by atoms with E-state index in [2.05, 4.69) is 4.98 Å². The molecule has 0 saturated carbocycles. The average Bonchev–Trinajstić information content (AvgIpc) is 2.87. The minimum absolute atomic E-state index is 0.0374. The number of nitrogens with zero attached hydrogens (tertiary/aromatic N) is 1. The fraction of sp³-hybridized carbons (Fsp3) is 0.286. The average molecular weight is 296 g/mol. The number of hydrogen-bond donors (Lipinski definition) is 0. The number of halogens is 1. The quantitative estimate of drug-likeness (QED) is 0.618. The predicted octanol–water partition coefficient (Wildman–Crippen LogP) is 4.02. The second-order valence-electron chi connectivity index (χ2n) is 4.29. The first-order chi connectivity index (χ1) is 9.10. The lowest BCUT2D eigenvalue weighted by Crippen LogP contribution is -2.05. The van der Waals surface area contributed by atoms with Gasteiger partial charge in [-0.15, -0.1) is 22.9 Å². The Kier molecular flexibility index (Phi) is 4.56. The molecule has 0 aliphatic rings. The van der Waals surface area contributed by atoms with Crippen molar-refractivity contribution in [3.05, 3.63) is 35.3 Å². The van der Waals surface area contributed by atoms with Crippen LogP contribution in [0, 0.1) is 0 Å². The van der Waals surface area contributed by atoms with Gasteiger partial charge in [-0.05, 0) is 38.1 Å². The monoisotopic (exact) mass is 295 g/mol. The van der Waals surface area contributed by atoms with Gasteiger partial charge in [0.15, 0.2) is 5.78 Å². The molecule has 0 radical (unpaired) electrons. The second-order valence-corrected chi connectivity index (χ2v) is 5.41. The van der Waals surface area contributed by atoms with Crippen LogP contribution in [-0.4, -0.2) is 22.8 Å². The van der Waals surface area contributed by atoms with Crippen LogP contribution >= 0.6 is 22.9 Å². The Morgan fingerprint density at radius 1 is 1.37 bits per heavy atom. The van der Waals surface area contributed by atoms with Gasteiger partial charge in [0.1, 0.15) is 16.5 Å². The van der Waals surface area contributed by atoms with E-state index >= 15 is 0 Å². The van der Waals surface area contributed by atoms with Crippen LogP contribution in [0.2, 0.25) is 0 Å². The number of ketones is 1. The van der Waals surface area contributed by atoms with Crippen LogP contribution < -0.4 is 4.74 Å². The number of carbonyl (C=O) groups is 1. The molecule has 0 bridgehead atoms. The minimum Gasteiger partial charge on any atom is -0.491 e. The van der Waals surface area contributed by atoms with Crippen molar-refractivity contribution >= 4 is 28.7 Å². The third-order valence-electron chi connectivity index (χ3n) is 2.38. The maximum absolute atomic E-state index is 11.4. The summed E-state index contributed by atoms with van der Waals surface area (Å²) in [5, 5.41) is 2.54. The van der Waals surface area contributed by atoms with Crippen molar-refractivity contribution < 1.29 is 9.53 Å². The summed E-state index contributed by atoms with van der Waals surface area (Å²) in [6.07, 6.45) is 0.152. The van der Waals surface area contributed by atoms with Crippen molar-refractivity contribution in [3.63, 3.8) is 0 Å². The van der Waals surface area contributed by atoms with E-state index in [1.165, 1.54) is 11.3 Å². The van der Waals surface area contributed by atoms with Gasteiger partial charge in [0.25, 0.3) is 0 Å². The summed E-state index contributed by atoms with van der Waals surface area (Å²) in [6, 6.07) is 7.68. The number of aromatic nitrogens is 1. The first-order valence-corrected chi connectivity index (χ1v) is 7.33. The number of benzene rings is 1. The molecule has 1 aromatic heterocycles. The largest absolute Gasteiger partial charge is 0.491 e. The van der Waals surface area contributed by atoms with Gasteiger partial charge in [0.05, 0.1) is 12.0 Å². The zero-order valence-corrected chi connectivity index (χ0v) is 12.3. The molecule has 0 spiro atoms. The van der Waals surface area contributed by atoms with Gasteiger partial charge in [0.2, 0.25) is 0 Å². The highest BCUT2D eigenvalue weighted by Gasteiger charge is 2.10. The fourth-order valence-corrected chi connectivity index (χ4v) is 2.52. The van der Waals surface area contributed by atoms with Crippen LogP contribution in [-0.2, 0) is 0 Å². The number of thiazole rings is 1. The van der Waals surface area contributed by atoms with E-state index in [0.29, 0.717) is 5.69 Å². The number of alkyl halides is 1. The normalized spacial score (nSPS) is 10.7. The fourth-order valence-electron chi connectivity index (χ4n) is 1.55. The molecular formula is C14H14ClNO2S. The molecule has 0 N–H and O–H groups in total. The topological polar surface area (TPSA) is 39.2 Å². The Morgan fingerprint density at radius 2 is 2.05 bits per heavy atom. The van der Waals surface area contributed by atoms with Crippen LogP contribution in [0.1, 0.15) is 24.3 Å². The lowest BCUT2D eigenvalue weighted by atomic mass is 10.2. The van der Waals surface area contributed by atoms with Gasteiger partial charge in [-0.1, -0.05) is 0 Å². The van der Waals surface area contributed by atoms with Gasteiger partial charge in [0, 0.05) is 10.9 Å². The Morgan fingerprint density at radius 3 is 2.63 bits per heavy atom. The molecular weight excluding hydrogens is 282 g/mol. The van der Waals surface area contributed by atoms with Crippen molar-refractivity contribution in [2.24, 2.45) is 0 Å². The van der Waals surface area contributed by atoms with Crippen LogP contribution in [0.25, 0.3) is 10.6 Å². The number of Topliss-reactive ketones (excluding diaryl/α,β-unsaturated/α-hetero) is 1. The lowest BCUT2D eigenvalue weighted by Gasteiger charge is -2.09. The van der Waals surface area contributed by atoms with E-state index in [-0.39, 0.29) is 17.8 Å². The van der Waals surface area contributed by atoms with Crippen molar-refractivity contribution in [1.29, 1.82) is 0 Å². The van der Waals surface area contributed by atoms with Crippen LogP contribution in [0.15, 0.2) is 29.6 Å². The number of ether oxygens (including phenoxy) is 1. The highest BCUT2D eigenvalue weighted by atomic mass is 35.5. The van der Waals surface area contributed by atoms with Crippen LogP contribution in [0.4, 0.5) is 0 Å². The highest BCUT2D eigenvalue weighted by molar-refractivity contribution is 7.13. The molecule has 0 atom stereocenters. The molecule has 1 heterocycles. The summed E-state index contributed by atoms with van der Waals surface area (Å²) in [5.74, 6) is 0.640. The molecule has 0 aliphatic carbocycles. The van der Waals surface area contributed by atoms with Crippen molar-refractivity contribution in [1.82, 2.24) is 4.98 Å². The third kappa shape index (κ3) is 3.55. The van der Waals surface area contributed by atoms with E-state index < -0.39 is 0 Å². The molecule has 100 valence electrons. The Bertz CT molecular complexity index is 563. The van der Waals surface area contributed by atoms with E-state index in [0.717, 1.165) is 16.3 Å². The van der Waals surface area contributed by atoms with Crippen molar-refractivity contribution in [2.75, 3.05) is 5.88 Å². The maximum atomic E-state index is 11.4. The number of hydrogen-bond acceptors (Lipinski definition) is 4.